The second kappa shape index (κ2) is 4.50. The highest BCUT2D eigenvalue weighted by Gasteiger charge is 2.07. The molecular weight excluding hydrogens is 282 g/mol. The fourth-order valence-corrected chi connectivity index (χ4v) is 2.16. The van der Waals surface area contributed by atoms with Crippen LogP contribution in [0.25, 0.3) is 16.7 Å². The van der Waals surface area contributed by atoms with Crippen LogP contribution in [-0.2, 0) is 0 Å². The average Bonchev–Trinajstić information content (AvgIpc) is 2.41. The van der Waals surface area contributed by atoms with Gasteiger partial charge in [-0.3, -0.25) is 14.4 Å². The number of aromatic nitrogens is 3. The summed E-state index contributed by atoms with van der Waals surface area (Å²) in [5, 5.41) is 0.379. The summed E-state index contributed by atoms with van der Waals surface area (Å²) in [6.45, 7) is 0. The third-order valence-electron chi connectivity index (χ3n) is 2.87. The van der Waals surface area contributed by atoms with E-state index in [9.17, 15) is 14.4 Å². The maximum Gasteiger partial charge on any atom is 0.314 e. The molecule has 1 aromatic carbocycles. The molecule has 3 rings (SSSR count). The molecule has 0 aliphatic rings. The van der Waals surface area contributed by atoms with Crippen molar-refractivity contribution >= 4 is 22.6 Å². The van der Waals surface area contributed by atoms with Crippen molar-refractivity contribution in [3.8, 4) is 5.69 Å². The van der Waals surface area contributed by atoms with E-state index in [1.54, 1.807) is 29.1 Å². The van der Waals surface area contributed by atoms with Gasteiger partial charge in [0.25, 0.3) is 0 Å². The molecule has 20 heavy (non-hydrogen) atoms. The molecule has 2 aromatic heterocycles. The summed E-state index contributed by atoms with van der Waals surface area (Å²) in [4.78, 5) is 38.6. The Morgan fingerprint density at radius 1 is 0.900 bits per heavy atom. The SMILES string of the molecule is O=c1ccn(-c2cc3[nH]c(=O)c(=O)[nH]c3cc2Cl)cc1. The number of benzene rings is 1. The van der Waals surface area contributed by atoms with Crippen LogP contribution in [0.4, 0.5) is 0 Å². The second-order valence-electron chi connectivity index (χ2n) is 4.20. The van der Waals surface area contributed by atoms with E-state index in [1.807, 2.05) is 0 Å². The van der Waals surface area contributed by atoms with Crippen molar-refractivity contribution in [3.63, 3.8) is 0 Å². The zero-order valence-corrected chi connectivity index (χ0v) is 10.8. The van der Waals surface area contributed by atoms with Crippen molar-refractivity contribution in [2.75, 3.05) is 0 Å². The highest BCUT2D eigenvalue weighted by Crippen LogP contribution is 2.23. The molecule has 100 valence electrons. The minimum atomic E-state index is -0.732. The van der Waals surface area contributed by atoms with Gasteiger partial charge >= 0.3 is 11.1 Å². The average molecular weight is 290 g/mol. The van der Waals surface area contributed by atoms with Gasteiger partial charge in [-0.25, -0.2) is 0 Å². The van der Waals surface area contributed by atoms with E-state index in [-0.39, 0.29) is 5.43 Å². The van der Waals surface area contributed by atoms with Gasteiger partial charge in [-0.05, 0) is 12.1 Å². The fourth-order valence-electron chi connectivity index (χ4n) is 1.90. The van der Waals surface area contributed by atoms with Gasteiger partial charge < -0.3 is 14.5 Å². The molecule has 7 heteroatoms. The molecular formula is C13H8ClN3O3. The first-order valence-corrected chi connectivity index (χ1v) is 6.07. The summed E-state index contributed by atoms with van der Waals surface area (Å²) in [5.41, 5.74) is -0.106. The van der Waals surface area contributed by atoms with Crippen molar-refractivity contribution in [1.82, 2.24) is 14.5 Å². The lowest BCUT2D eigenvalue weighted by Crippen LogP contribution is -2.28. The zero-order chi connectivity index (χ0) is 14.3. The predicted octanol–water partition coefficient (Wildman–Crippen LogP) is 1.02. The smallest absolute Gasteiger partial charge is 0.314 e. The second-order valence-corrected chi connectivity index (χ2v) is 4.61. The Morgan fingerprint density at radius 3 is 2.05 bits per heavy atom. The molecule has 3 aromatic rings. The van der Waals surface area contributed by atoms with Gasteiger partial charge in [0.1, 0.15) is 0 Å². The molecule has 0 bridgehead atoms. The van der Waals surface area contributed by atoms with Crippen LogP contribution < -0.4 is 16.5 Å². The predicted molar refractivity (Wildman–Crippen MR) is 75.8 cm³/mol. The fraction of sp³-hybridized carbons (Fsp3) is 0. The number of fused-ring (bicyclic) bond motifs is 1. The van der Waals surface area contributed by atoms with Crippen LogP contribution in [0, 0.1) is 0 Å². The van der Waals surface area contributed by atoms with Gasteiger partial charge in [-0.2, -0.15) is 0 Å². The van der Waals surface area contributed by atoms with Crippen molar-refractivity contribution in [1.29, 1.82) is 0 Å². The quantitative estimate of drug-likeness (QED) is 0.656. The topological polar surface area (TPSA) is 87.7 Å². The van der Waals surface area contributed by atoms with E-state index in [0.29, 0.717) is 21.7 Å². The normalized spacial score (nSPS) is 10.8. The Labute approximate surface area is 116 Å². The number of hydrogen-bond acceptors (Lipinski definition) is 3. The summed E-state index contributed by atoms with van der Waals surface area (Å²) in [6, 6.07) is 5.97. The van der Waals surface area contributed by atoms with E-state index in [0.717, 1.165) is 0 Å². The molecule has 0 radical (unpaired) electrons. The van der Waals surface area contributed by atoms with E-state index in [1.165, 1.54) is 12.1 Å². The highest BCUT2D eigenvalue weighted by atomic mass is 35.5. The minimum absolute atomic E-state index is 0.115. The molecule has 0 aliphatic heterocycles. The van der Waals surface area contributed by atoms with E-state index < -0.39 is 11.1 Å². The largest absolute Gasteiger partial charge is 0.322 e. The Morgan fingerprint density at radius 2 is 1.45 bits per heavy atom. The van der Waals surface area contributed by atoms with Gasteiger partial charge in [-0.15, -0.1) is 0 Å². The van der Waals surface area contributed by atoms with Crippen molar-refractivity contribution in [3.05, 3.63) is 72.6 Å². The zero-order valence-electron chi connectivity index (χ0n) is 10.0. The maximum atomic E-state index is 11.3. The number of pyridine rings is 1. The van der Waals surface area contributed by atoms with Gasteiger partial charge in [0.05, 0.1) is 21.7 Å². The Balaban J connectivity index is 2.31. The lowest BCUT2D eigenvalue weighted by Gasteiger charge is -2.09. The van der Waals surface area contributed by atoms with E-state index in [2.05, 4.69) is 9.97 Å². The minimum Gasteiger partial charge on any atom is -0.322 e. The first-order chi connectivity index (χ1) is 9.54. The Hall–Kier alpha value is -2.60. The van der Waals surface area contributed by atoms with Crippen LogP contribution in [0.15, 0.2) is 51.0 Å². The van der Waals surface area contributed by atoms with Crippen LogP contribution >= 0.6 is 11.6 Å². The first kappa shape index (κ1) is 12.4. The van der Waals surface area contributed by atoms with Crippen LogP contribution in [0.3, 0.4) is 0 Å². The van der Waals surface area contributed by atoms with Gasteiger partial charge in [0.15, 0.2) is 5.43 Å². The third kappa shape index (κ3) is 2.06. The van der Waals surface area contributed by atoms with E-state index in [4.69, 9.17) is 11.6 Å². The molecule has 2 N–H and O–H groups in total. The molecule has 0 aliphatic carbocycles. The number of hydrogen-bond donors (Lipinski definition) is 2. The number of rotatable bonds is 1. The number of nitrogens with zero attached hydrogens (tertiary/aromatic N) is 1. The molecule has 0 fully saturated rings. The molecule has 0 saturated heterocycles. The van der Waals surface area contributed by atoms with Crippen LogP contribution in [0.1, 0.15) is 0 Å². The molecule has 0 unspecified atom stereocenters. The van der Waals surface area contributed by atoms with Crippen LogP contribution in [0.5, 0.6) is 0 Å². The number of aromatic amines is 2. The lowest BCUT2D eigenvalue weighted by molar-refractivity contribution is 1.04. The molecule has 0 atom stereocenters. The van der Waals surface area contributed by atoms with Crippen LogP contribution in [0.2, 0.25) is 5.02 Å². The summed E-state index contributed by atoms with van der Waals surface area (Å²) in [6.07, 6.45) is 3.14. The van der Waals surface area contributed by atoms with Gasteiger partial charge in [0, 0.05) is 24.5 Å². The van der Waals surface area contributed by atoms with E-state index >= 15 is 0 Å². The summed E-state index contributed by atoms with van der Waals surface area (Å²) in [7, 11) is 0. The van der Waals surface area contributed by atoms with Crippen molar-refractivity contribution in [2.24, 2.45) is 0 Å². The molecule has 6 nitrogen and oxygen atoms in total. The van der Waals surface area contributed by atoms with Crippen LogP contribution in [-0.4, -0.2) is 14.5 Å². The lowest BCUT2D eigenvalue weighted by atomic mass is 10.2. The number of nitrogens with one attached hydrogen (secondary N) is 2. The molecule has 0 saturated carbocycles. The Bertz CT molecular complexity index is 964. The standard InChI is InChI=1S/C13H8ClN3O3/c14-8-5-9-10(16-13(20)12(19)15-9)6-11(8)17-3-1-7(18)2-4-17/h1-6H,(H,15,19)(H,16,20). The summed E-state index contributed by atoms with van der Waals surface area (Å²) in [5.74, 6) is 0. The number of halogens is 1. The Kier molecular flexibility index (Phi) is 2.80. The van der Waals surface area contributed by atoms with Crippen molar-refractivity contribution < 1.29 is 0 Å². The molecule has 0 spiro atoms. The molecule has 0 amide bonds. The third-order valence-corrected chi connectivity index (χ3v) is 3.17. The first-order valence-electron chi connectivity index (χ1n) is 5.69. The maximum absolute atomic E-state index is 11.3. The van der Waals surface area contributed by atoms with Gasteiger partial charge in [-0.1, -0.05) is 11.6 Å². The summed E-state index contributed by atoms with van der Waals surface area (Å²) >= 11 is 6.16. The molecule has 2 heterocycles. The highest BCUT2D eigenvalue weighted by molar-refractivity contribution is 6.33. The summed E-state index contributed by atoms with van der Waals surface area (Å²) < 4.78 is 1.65. The van der Waals surface area contributed by atoms with Crippen molar-refractivity contribution in [2.45, 2.75) is 0 Å². The number of H-pyrrole nitrogens is 2. The van der Waals surface area contributed by atoms with Gasteiger partial charge in [0.2, 0.25) is 0 Å². The monoisotopic (exact) mass is 289 g/mol.